The molecule has 0 bridgehead atoms. The van der Waals surface area contributed by atoms with E-state index in [2.05, 4.69) is 182 Å². The summed E-state index contributed by atoms with van der Waals surface area (Å²) in [5.74, 6) is 0.274. The Morgan fingerprint density at radius 1 is 0.225 bits per heavy atom. The Morgan fingerprint density at radius 2 is 0.333 bits per heavy atom. The summed E-state index contributed by atoms with van der Waals surface area (Å²) in [6.45, 7) is 87.0. The molecular weight excluding hydrogens is 1490 g/mol. The van der Waals surface area contributed by atoms with Crippen LogP contribution in [-0.2, 0) is 79.4 Å². The molecule has 0 aliphatic carbocycles. The molecule has 7 aromatic rings. The van der Waals surface area contributed by atoms with Gasteiger partial charge in [0.25, 0.3) is 0 Å². The van der Waals surface area contributed by atoms with E-state index in [0.717, 1.165) is 100 Å². The molecule has 1 fully saturated rings. The van der Waals surface area contributed by atoms with Crippen molar-refractivity contribution in [1.82, 2.24) is 29.7 Å². The van der Waals surface area contributed by atoms with Crippen molar-refractivity contribution in [3.8, 4) is 34.5 Å². The van der Waals surface area contributed by atoms with Crippen molar-refractivity contribution in [3.05, 3.63) is 190 Å². The third-order valence-electron chi connectivity index (χ3n) is 24.4. The van der Waals surface area contributed by atoms with E-state index in [9.17, 15) is 45.0 Å². The van der Waals surface area contributed by atoms with Crippen molar-refractivity contribution >= 4 is 17.7 Å². The van der Waals surface area contributed by atoms with Crippen LogP contribution in [0.4, 0.5) is 0 Å². The quantitative estimate of drug-likeness (QED) is 0.0673. The van der Waals surface area contributed by atoms with Gasteiger partial charge in [0.15, 0.2) is 0 Å². The van der Waals surface area contributed by atoms with Gasteiger partial charge in [0.2, 0.25) is 17.7 Å². The highest BCUT2D eigenvalue weighted by atomic mass is 16.3. The smallest absolute Gasteiger partial charge is 0.232 e. The van der Waals surface area contributed by atoms with Crippen LogP contribution in [0.1, 0.15) is 444 Å². The number of carbonyl (C=O) groups excluding carboxylic acids is 3. The van der Waals surface area contributed by atoms with E-state index in [1.165, 1.54) is 0 Å². The van der Waals surface area contributed by atoms with Gasteiger partial charge in [-0.3, -0.25) is 14.4 Å². The van der Waals surface area contributed by atoms with Gasteiger partial charge in [0, 0.05) is 17.8 Å². The number of aromatic nitrogens is 3. The topological polar surface area (TPSA) is 221 Å². The first-order chi connectivity index (χ1) is 53.8. The van der Waals surface area contributed by atoms with E-state index >= 15 is 0 Å². The molecule has 0 spiro atoms. The fraction of sp³-hybridized carbons (Fsp3) is 0.600. The summed E-state index contributed by atoms with van der Waals surface area (Å²) >= 11 is 0. The molecule has 6 N–H and O–H groups in total. The summed E-state index contributed by atoms with van der Waals surface area (Å²) in [7, 11) is 0. The highest BCUT2D eigenvalue weighted by Gasteiger charge is 2.42. The number of hydrogen-bond donors (Lipinski definition) is 6. The zero-order valence-corrected chi connectivity index (χ0v) is 82.1. The first-order valence-corrected chi connectivity index (χ1v) is 43.7. The fourth-order valence-corrected chi connectivity index (χ4v) is 16.2. The summed E-state index contributed by atoms with van der Waals surface area (Å²) in [4.78, 5) is 65.6. The Balaban J connectivity index is 0.000000332. The number of benzene rings is 6. The molecule has 15 nitrogen and oxygen atoms in total. The molecule has 15 heteroatoms. The predicted molar refractivity (Wildman–Crippen MR) is 496 cm³/mol. The van der Waals surface area contributed by atoms with Crippen LogP contribution in [0.2, 0.25) is 0 Å². The number of phenols is 6. The number of amides is 3. The van der Waals surface area contributed by atoms with Crippen LogP contribution >= 0.6 is 0 Å². The summed E-state index contributed by atoms with van der Waals surface area (Å²) in [6, 6.07) is 24.3. The molecule has 1 saturated heterocycles. The van der Waals surface area contributed by atoms with E-state index < -0.39 is 50.2 Å². The van der Waals surface area contributed by atoms with Gasteiger partial charge in [-0.1, -0.05) is 343 Å². The Labute approximate surface area is 724 Å². The van der Waals surface area contributed by atoms with Gasteiger partial charge in [-0.2, -0.15) is 0 Å². The lowest BCUT2D eigenvalue weighted by molar-refractivity contribution is -0.160. The van der Waals surface area contributed by atoms with E-state index in [1.807, 2.05) is 182 Å². The molecule has 660 valence electrons. The molecule has 6 atom stereocenters. The predicted octanol–water partition coefficient (Wildman–Crippen LogP) is 24.9. The third kappa shape index (κ3) is 21.8. The highest BCUT2D eigenvalue weighted by Crippen LogP contribution is 2.50. The molecule has 120 heavy (non-hydrogen) atoms. The minimum atomic E-state index is -0.670. The molecule has 1 aliphatic rings. The molecule has 0 radical (unpaired) electrons. The van der Waals surface area contributed by atoms with E-state index in [0.29, 0.717) is 34.7 Å². The molecule has 2 heterocycles. The highest BCUT2D eigenvalue weighted by molar-refractivity contribution is 5.89. The van der Waals surface area contributed by atoms with Crippen LogP contribution in [0.25, 0.3) is 0 Å². The molecule has 6 unspecified atom stereocenters. The zero-order valence-electron chi connectivity index (χ0n) is 82.1. The molecule has 3 amide bonds. The van der Waals surface area contributed by atoms with Gasteiger partial charge in [0.1, 0.15) is 52.0 Å². The number of carbonyl (C=O) groups is 3. The van der Waals surface area contributed by atoms with Crippen molar-refractivity contribution in [3.63, 3.8) is 0 Å². The van der Waals surface area contributed by atoms with E-state index in [1.54, 1.807) is 14.7 Å². The second-order valence-corrected chi connectivity index (χ2v) is 47.6. The Bertz CT molecular complexity index is 4250. The van der Waals surface area contributed by atoms with Crippen LogP contribution in [-0.4, -0.2) is 98.0 Å². The number of aromatic hydroxyl groups is 6. The Kier molecular flexibility index (Phi) is 27.7. The van der Waals surface area contributed by atoms with Crippen LogP contribution in [0.5, 0.6) is 34.5 Å². The first kappa shape index (κ1) is 98.7. The van der Waals surface area contributed by atoms with Gasteiger partial charge in [-0.25, -0.2) is 15.0 Å². The summed E-state index contributed by atoms with van der Waals surface area (Å²) in [5, 5.41) is 69.3. The maximum atomic E-state index is 14.9. The van der Waals surface area contributed by atoms with Crippen LogP contribution < -0.4 is 0 Å². The average molecular weight is 1650 g/mol. The van der Waals surface area contributed by atoms with Gasteiger partial charge in [0.05, 0.1) is 37.8 Å². The average Bonchev–Trinajstić information content (AvgIpc) is 0.763. The van der Waals surface area contributed by atoms with Crippen LogP contribution in [0.15, 0.2) is 72.8 Å². The third-order valence-corrected chi connectivity index (χ3v) is 24.4. The minimum Gasteiger partial charge on any atom is -0.507 e. The summed E-state index contributed by atoms with van der Waals surface area (Å²) in [6.07, 6.45) is 0. The van der Waals surface area contributed by atoms with Crippen molar-refractivity contribution in [2.75, 3.05) is 20.0 Å². The second-order valence-electron chi connectivity index (χ2n) is 47.6. The van der Waals surface area contributed by atoms with Crippen molar-refractivity contribution < 1.29 is 45.0 Å². The first-order valence-electron chi connectivity index (χ1n) is 43.7. The molecule has 1 aromatic heterocycles. The number of nitrogens with zero attached hydrogens (tertiary/aromatic N) is 6. The van der Waals surface area contributed by atoms with Gasteiger partial charge in [-0.15, -0.1) is 0 Å². The Hall–Kier alpha value is -8.46. The summed E-state index contributed by atoms with van der Waals surface area (Å²) < 4.78 is 0. The molecule has 8 rings (SSSR count). The number of hydrogen-bond acceptors (Lipinski definition) is 12. The molecule has 1 aliphatic heterocycles. The lowest BCUT2D eigenvalue weighted by Crippen LogP contribution is -2.61. The standard InChI is InChI=1S/C54H81N3O6.C51H75N3O3/c1-31(34-22-37(49(4,5)6)43(58)38(23-34)50(7,8)9)46(61)55-28-56(47(62)32(2)35-24-39(51(10,11)12)44(59)40(25-35)52(13,14)15)30-57(29-55)48(63)33(3)36-26-41(53(16,17)18)45(60)42(27-36)54(19,20)21;1-28(31-22-34(46(4,5)6)40(55)35(23-31)47(7,8)9)43-52-44(29(2)32-24-36(48(10,11)12)41(56)37(25-32)49(13,14)15)54-45(53-43)30(3)33-26-38(50(16,17)18)42(57)39(27-33)51(19,20)21/h22-27,31-33,58-60H,28-30H2,1-21H3;22-30,55-57H,1-21H3. The zero-order chi connectivity index (χ0) is 92.2. The maximum absolute atomic E-state index is 14.9. The number of phenolic OH excluding ortho intramolecular Hbond substituents is 6. The molecule has 0 saturated carbocycles. The minimum absolute atomic E-state index is 0.0290. The summed E-state index contributed by atoms with van der Waals surface area (Å²) in [5.41, 5.74) is 11.0. The fourth-order valence-electron chi connectivity index (χ4n) is 16.2. The van der Waals surface area contributed by atoms with Crippen LogP contribution in [0.3, 0.4) is 0 Å². The largest absolute Gasteiger partial charge is 0.507 e. The maximum Gasteiger partial charge on any atom is 0.232 e. The van der Waals surface area contributed by atoms with E-state index in [4.69, 9.17) is 15.0 Å². The van der Waals surface area contributed by atoms with Crippen molar-refractivity contribution in [2.24, 2.45) is 0 Å². The normalized spacial score (nSPS) is 15.7. The SMILES string of the molecule is CC(C(=O)N1CN(C(=O)C(C)c2cc(C(C)(C)C)c(O)c(C(C)(C)C)c2)CN(C(=O)C(C)c2cc(C(C)(C)C)c(O)c(C(C)(C)C)c2)C1)c1cc(C(C)(C)C)c(O)c(C(C)(C)C)c1.CC(c1cc(C(C)(C)C)c(O)c(C(C)(C)C)c1)c1nc(C(C)c2cc(C(C)(C)C)c(O)c(C(C)(C)C)c2)nc(C(C)c2cc(C(C)(C)C)c(O)c(C(C)(C)C)c2)n1. The lowest BCUT2D eigenvalue weighted by Gasteiger charge is -2.44. The second kappa shape index (κ2) is 33.6. The van der Waals surface area contributed by atoms with E-state index in [-0.39, 0.29) is 105 Å². The van der Waals surface area contributed by atoms with Gasteiger partial charge in [-0.05, 0) is 186 Å². The van der Waals surface area contributed by atoms with Gasteiger partial charge >= 0.3 is 0 Å². The monoisotopic (exact) mass is 1650 g/mol. The molecule has 6 aromatic carbocycles. The molecular formula is C105H156N6O9. The van der Waals surface area contributed by atoms with Crippen molar-refractivity contribution in [1.29, 1.82) is 0 Å². The van der Waals surface area contributed by atoms with Crippen molar-refractivity contribution in [2.45, 2.75) is 391 Å². The number of rotatable bonds is 12. The lowest BCUT2D eigenvalue weighted by atomic mass is 9.77. The van der Waals surface area contributed by atoms with Crippen LogP contribution in [0, 0.1) is 0 Å². The Morgan fingerprint density at radius 3 is 0.442 bits per heavy atom. The van der Waals surface area contributed by atoms with Gasteiger partial charge < -0.3 is 45.3 Å².